The summed E-state index contributed by atoms with van der Waals surface area (Å²) in [4.78, 5) is 26.7. The first-order valence-corrected chi connectivity index (χ1v) is 8.42. The Morgan fingerprint density at radius 2 is 2.04 bits per heavy atom. The molecule has 0 aliphatic carbocycles. The third-order valence-corrected chi connectivity index (χ3v) is 4.66. The van der Waals surface area contributed by atoms with Crippen LogP contribution in [0.2, 0.25) is 0 Å². The van der Waals surface area contributed by atoms with Gasteiger partial charge in [0, 0.05) is 26.3 Å². The molecule has 0 spiro atoms. The monoisotopic (exact) mass is 349 g/mol. The molecule has 1 unspecified atom stereocenters. The van der Waals surface area contributed by atoms with Crippen molar-refractivity contribution >= 4 is 11.8 Å². The van der Waals surface area contributed by atoms with Gasteiger partial charge in [-0.05, 0) is 25.5 Å². The highest BCUT2D eigenvalue weighted by molar-refractivity contribution is 5.88. The van der Waals surface area contributed by atoms with Crippen LogP contribution in [-0.2, 0) is 20.9 Å². The smallest absolute Gasteiger partial charge is 0.242 e. The van der Waals surface area contributed by atoms with E-state index < -0.39 is 5.54 Å². The summed E-state index contributed by atoms with van der Waals surface area (Å²) in [6, 6.07) is 7.56. The van der Waals surface area contributed by atoms with E-state index in [-0.39, 0.29) is 25.0 Å². The minimum Gasteiger partial charge on any atom is -0.496 e. The Balaban J connectivity index is 2.00. The van der Waals surface area contributed by atoms with E-state index in [1.807, 2.05) is 29.2 Å². The number of carbonyl (C=O) groups excluding carboxylic acids is 2. The van der Waals surface area contributed by atoms with Crippen molar-refractivity contribution in [2.75, 3.05) is 41.0 Å². The van der Waals surface area contributed by atoms with Gasteiger partial charge in [0.25, 0.3) is 0 Å². The predicted octanol–water partition coefficient (Wildman–Crippen LogP) is 0.538. The van der Waals surface area contributed by atoms with Gasteiger partial charge in [-0.3, -0.25) is 14.5 Å². The number of likely N-dealkylation sites (tertiary alicyclic amines) is 1. The summed E-state index contributed by atoms with van der Waals surface area (Å²) in [6.07, 6.45) is 1.54. The standard InChI is InChI=1S/C18H27N3O4/c1-19-17(23)18(13-24-2)9-6-10-21(18)12-16(22)20-11-14-7-4-5-8-15(14)25-3/h4-5,7-8H,6,9-13H2,1-3H3,(H,19,23)(H,20,22). The Morgan fingerprint density at radius 1 is 1.28 bits per heavy atom. The molecule has 1 saturated heterocycles. The zero-order valence-corrected chi connectivity index (χ0v) is 15.1. The van der Waals surface area contributed by atoms with Gasteiger partial charge in [0.2, 0.25) is 11.8 Å². The van der Waals surface area contributed by atoms with E-state index in [4.69, 9.17) is 9.47 Å². The normalized spacial score (nSPS) is 20.3. The second-order valence-corrected chi connectivity index (χ2v) is 6.16. The number of benzene rings is 1. The summed E-state index contributed by atoms with van der Waals surface area (Å²) in [7, 11) is 4.79. The van der Waals surface area contributed by atoms with Crippen molar-refractivity contribution in [3.63, 3.8) is 0 Å². The van der Waals surface area contributed by atoms with Crippen LogP contribution < -0.4 is 15.4 Å². The molecule has 1 atom stereocenters. The minimum atomic E-state index is -0.773. The molecular weight excluding hydrogens is 322 g/mol. The van der Waals surface area contributed by atoms with E-state index in [0.29, 0.717) is 19.5 Å². The maximum absolute atomic E-state index is 12.4. The molecular formula is C18H27N3O4. The molecule has 2 rings (SSSR count). The van der Waals surface area contributed by atoms with Crippen LogP contribution in [0.1, 0.15) is 18.4 Å². The zero-order valence-electron chi connectivity index (χ0n) is 15.1. The van der Waals surface area contributed by atoms with Gasteiger partial charge in [0.1, 0.15) is 11.3 Å². The van der Waals surface area contributed by atoms with Gasteiger partial charge in [-0.15, -0.1) is 0 Å². The lowest BCUT2D eigenvalue weighted by Gasteiger charge is -2.35. The fourth-order valence-electron chi connectivity index (χ4n) is 3.39. The number of methoxy groups -OCH3 is 2. The number of nitrogens with one attached hydrogen (secondary N) is 2. The first kappa shape index (κ1) is 19.2. The average Bonchev–Trinajstić information content (AvgIpc) is 3.03. The molecule has 0 bridgehead atoms. The van der Waals surface area contributed by atoms with Crippen LogP contribution in [0.25, 0.3) is 0 Å². The van der Waals surface area contributed by atoms with Gasteiger partial charge < -0.3 is 20.1 Å². The van der Waals surface area contributed by atoms with Gasteiger partial charge in [0.05, 0.1) is 20.3 Å². The zero-order chi connectivity index (χ0) is 18.3. The summed E-state index contributed by atoms with van der Waals surface area (Å²) in [6.45, 7) is 1.51. The molecule has 1 fully saturated rings. The molecule has 7 heteroatoms. The largest absolute Gasteiger partial charge is 0.496 e. The Kier molecular flexibility index (Phi) is 6.78. The fourth-order valence-corrected chi connectivity index (χ4v) is 3.39. The van der Waals surface area contributed by atoms with Gasteiger partial charge in [-0.1, -0.05) is 18.2 Å². The van der Waals surface area contributed by atoms with Crippen molar-refractivity contribution < 1.29 is 19.1 Å². The molecule has 25 heavy (non-hydrogen) atoms. The van der Waals surface area contributed by atoms with Crippen LogP contribution in [0.15, 0.2) is 24.3 Å². The number of amides is 2. The summed E-state index contributed by atoms with van der Waals surface area (Å²) >= 11 is 0. The molecule has 1 heterocycles. The van der Waals surface area contributed by atoms with Crippen LogP contribution in [0, 0.1) is 0 Å². The van der Waals surface area contributed by atoms with Crippen LogP contribution in [-0.4, -0.2) is 63.2 Å². The lowest BCUT2D eigenvalue weighted by atomic mass is 9.96. The van der Waals surface area contributed by atoms with Crippen LogP contribution in [0.3, 0.4) is 0 Å². The Morgan fingerprint density at radius 3 is 2.72 bits per heavy atom. The molecule has 0 saturated carbocycles. The minimum absolute atomic E-state index is 0.107. The number of hydrogen-bond donors (Lipinski definition) is 2. The number of rotatable bonds is 8. The van der Waals surface area contributed by atoms with E-state index in [9.17, 15) is 9.59 Å². The molecule has 1 aliphatic heterocycles. The molecule has 7 nitrogen and oxygen atoms in total. The highest BCUT2D eigenvalue weighted by atomic mass is 16.5. The quantitative estimate of drug-likeness (QED) is 0.716. The van der Waals surface area contributed by atoms with Gasteiger partial charge in [-0.25, -0.2) is 0 Å². The van der Waals surface area contributed by atoms with Crippen LogP contribution in [0.4, 0.5) is 0 Å². The molecule has 138 valence electrons. The summed E-state index contributed by atoms with van der Waals surface area (Å²) in [5, 5.41) is 5.60. The second-order valence-electron chi connectivity index (χ2n) is 6.16. The van der Waals surface area contributed by atoms with Crippen molar-refractivity contribution in [3.05, 3.63) is 29.8 Å². The number of para-hydroxylation sites is 1. The molecule has 0 aromatic heterocycles. The molecule has 1 aromatic carbocycles. The number of ether oxygens (including phenoxy) is 2. The van der Waals surface area contributed by atoms with Crippen molar-refractivity contribution in [1.29, 1.82) is 0 Å². The molecule has 0 radical (unpaired) electrons. The summed E-state index contributed by atoms with van der Waals surface area (Å²) in [5.74, 6) is 0.504. The third-order valence-electron chi connectivity index (χ3n) is 4.66. The van der Waals surface area contributed by atoms with E-state index >= 15 is 0 Å². The second kappa shape index (κ2) is 8.82. The van der Waals surface area contributed by atoms with Crippen LogP contribution in [0.5, 0.6) is 5.75 Å². The fraction of sp³-hybridized carbons (Fsp3) is 0.556. The first-order valence-electron chi connectivity index (χ1n) is 8.42. The van der Waals surface area contributed by atoms with E-state index in [0.717, 1.165) is 17.7 Å². The van der Waals surface area contributed by atoms with Gasteiger partial charge in [0.15, 0.2) is 0 Å². The summed E-state index contributed by atoms with van der Waals surface area (Å²) in [5.41, 5.74) is 0.139. The van der Waals surface area contributed by atoms with Gasteiger partial charge in [-0.2, -0.15) is 0 Å². The summed E-state index contributed by atoms with van der Waals surface area (Å²) < 4.78 is 10.6. The van der Waals surface area contributed by atoms with Crippen molar-refractivity contribution in [1.82, 2.24) is 15.5 Å². The van der Waals surface area contributed by atoms with E-state index in [1.54, 1.807) is 21.3 Å². The Labute approximate surface area is 148 Å². The number of likely N-dealkylation sites (N-methyl/N-ethyl adjacent to an activating group) is 1. The van der Waals surface area contributed by atoms with Crippen molar-refractivity contribution in [2.24, 2.45) is 0 Å². The van der Waals surface area contributed by atoms with E-state index in [1.165, 1.54) is 0 Å². The first-order chi connectivity index (χ1) is 12.1. The molecule has 1 aromatic rings. The number of carbonyl (C=O) groups is 2. The van der Waals surface area contributed by atoms with Crippen LogP contribution >= 0.6 is 0 Å². The Bertz CT molecular complexity index is 608. The molecule has 2 N–H and O–H groups in total. The highest BCUT2D eigenvalue weighted by Gasteiger charge is 2.47. The molecule has 1 aliphatic rings. The highest BCUT2D eigenvalue weighted by Crippen LogP contribution is 2.29. The molecule has 2 amide bonds. The van der Waals surface area contributed by atoms with Crippen molar-refractivity contribution in [2.45, 2.75) is 24.9 Å². The Hall–Kier alpha value is -2.12. The lowest BCUT2D eigenvalue weighted by molar-refractivity contribution is -0.137. The SMILES string of the molecule is CNC(=O)C1(COC)CCCN1CC(=O)NCc1ccccc1OC. The average molecular weight is 349 g/mol. The third kappa shape index (κ3) is 4.29. The maximum atomic E-state index is 12.4. The predicted molar refractivity (Wildman–Crippen MR) is 94.3 cm³/mol. The number of hydrogen-bond acceptors (Lipinski definition) is 5. The van der Waals surface area contributed by atoms with E-state index in [2.05, 4.69) is 10.6 Å². The maximum Gasteiger partial charge on any atom is 0.242 e. The van der Waals surface area contributed by atoms with Crippen molar-refractivity contribution in [3.8, 4) is 5.75 Å². The van der Waals surface area contributed by atoms with Gasteiger partial charge >= 0.3 is 0 Å². The number of nitrogens with zero attached hydrogens (tertiary/aromatic N) is 1. The topological polar surface area (TPSA) is 79.9 Å². The lowest BCUT2D eigenvalue weighted by Crippen LogP contribution is -2.59.